The van der Waals surface area contributed by atoms with Crippen molar-refractivity contribution in [1.29, 1.82) is 0 Å². The number of carbonyl (C=O) groups excluding carboxylic acids is 1. The molecule has 1 unspecified atom stereocenters. The van der Waals surface area contributed by atoms with Crippen LogP contribution in [0.15, 0.2) is 23.2 Å². The highest BCUT2D eigenvalue weighted by molar-refractivity contribution is 14.1. The number of rotatable bonds is 4. The van der Waals surface area contributed by atoms with Crippen LogP contribution in [0.25, 0.3) is 0 Å². The van der Waals surface area contributed by atoms with Crippen LogP contribution in [-0.2, 0) is 14.8 Å². The number of benzene rings is 1. The van der Waals surface area contributed by atoms with Crippen LogP contribution in [0.2, 0.25) is 23.2 Å². The number of nitrogens with one attached hydrogen (secondary N) is 1. The molecule has 3 rings (SSSR count). The van der Waals surface area contributed by atoms with Gasteiger partial charge in [-0.2, -0.15) is 0 Å². The summed E-state index contributed by atoms with van der Waals surface area (Å²) in [5, 5.41) is 13.4. The topological polar surface area (TPSA) is 91.2 Å². The molecule has 10 heteroatoms. The molecule has 2 N–H and O–H groups in total. The van der Waals surface area contributed by atoms with Crippen LogP contribution in [0, 0.1) is 9.49 Å². The molecule has 2 aliphatic rings. The van der Waals surface area contributed by atoms with Gasteiger partial charge in [0.25, 0.3) is 0 Å². The molecule has 1 heterocycles. The van der Waals surface area contributed by atoms with Gasteiger partial charge in [0.15, 0.2) is 8.32 Å². The Balaban J connectivity index is 1.85. The highest BCUT2D eigenvalue weighted by atomic mass is 127. The number of hydrogen-bond acceptors (Lipinski definition) is 3. The summed E-state index contributed by atoms with van der Waals surface area (Å²) in [6.45, 7) is 15.3. The van der Waals surface area contributed by atoms with E-state index in [1.165, 1.54) is 0 Å². The summed E-state index contributed by atoms with van der Waals surface area (Å²) >= 11 is 8.73. The minimum absolute atomic E-state index is 0.0761. The molecule has 194 valence electrons. The number of guanidine groups is 1. The molecule has 2 amide bonds. The van der Waals surface area contributed by atoms with E-state index in [9.17, 15) is 14.7 Å². The van der Waals surface area contributed by atoms with Gasteiger partial charge in [0.05, 0.1) is 17.0 Å². The Labute approximate surface area is 228 Å². The summed E-state index contributed by atoms with van der Waals surface area (Å²) in [5.41, 5.74) is -0.119. The molecule has 0 aromatic heterocycles. The summed E-state index contributed by atoms with van der Waals surface area (Å²) < 4.78 is 7.57. The fourth-order valence-electron chi connectivity index (χ4n) is 4.80. The van der Waals surface area contributed by atoms with E-state index in [2.05, 4.69) is 73.7 Å². The summed E-state index contributed by atoms with van der Waals surface area (Å²) in [4.78, 5) is 30.6. The third kappa shape index (κ3) is 6.05. The van der Waals surface area contributed by atoms with Crippen LogP contribution in [0.1, 0.15) is 65.9 Å². The second-order valence-electron chi connectivity index (χ2n) is 11.6. The van der Waals surface area contributed by atoms with Gasteiger partial charge in [-0.3, -0.25) is 9.69 Å². The van der Waals surface area contributed by atoms with Crippen molar-refractivity contribution in [1.82, 2.24) is 10.2 Å². The number of amides is 2. The van der Waals surface area contributed by atoms with Crippen LogP contribution in [0.4, 0.5) is 4.79 Å². The van der Waals surface area contributed by atoms with Gasteiger partial charge in [-0.15, -0.1) is 4.99 Å². The molecular formula is C25H37ClIN3O4Si. The van der Waals surface area contributed by atoms with Gasteiger partial charge in [-0.25, -0.2) is 4.79 Å². The van der Waals surface area contributed by atoms with E-state index in [4.69, 9.17) is 16.0 Å². The molecule has 1 aromatic rings. The van der Waals surface area contributed by atoms with Crippen LogP contribution in [-0.4, -0.2) is 48.4 Å². The maximum absolute atomic E-state index is 13.6. The molecule has 1 aromatic carbocycles. The zero-order valence-corrected chi connectivity index (χ0v) is 25.5. The maximum atomic E-state index is 13.6. The molecule has 2 fully saturated rings. The van der Waals surface area contributed by atoms with Gasteiger partial charge >= 0.3 is 6.09 Å². The molecule has 1 saturated carbocycles. The minimum Gasteiger partial charge on any atom is -0.463 e. The van der Waals surface area contributed by atoms with Gasteiger partial charge in [0.1, 0.15) is 0 Å². The fraction of sp³-hybridized carbons (Fsp3) is 0.640. The van der Waals surface area contributed by atoms with Crippen molar-refractivity contribution in [3.8, 4) is 0 Å². The van der Waals surface area contributed by atoms with Crippen molar-refractivity contribution in [2.24, 2.45) is 10.9 Å². The largest absolute Gasteiger partial charge is 0.463 e. The fourth-order valence-corrected chi connectivity index (χ4v) is 7.10. The molecule has 4 atom stereocenters. The number of aliphatic imine (C=N–C) groups is 1. The van der Waals surface area contributed by atoms with Gasteiger partial charge in [0.2, 0.25) is 11.9 Å². The molecule has 0 bridgehead atoms. The van der Waals surface area contributed by atoms with Crippen LogP contribution < -0.4 is 5.32 Å². The normalized spacial score (nSPS) is 29.3. The highest BCUT2D eigenvalue weighted by Gasteiger charge is 2.47. The van der Waals surface area contributed by atoms with E-state index < -0.39 is 19.9 Å². The first-order chi connectivity index (χ1) is 16.1. The lowest BCUT2D eigenvalue weighted by molar-refractivity contribution is -0.133. The van der Waals surface area contributed by atoms with Gasteiger partial charge in [0, 0.05) is 15.7 Å². The van der Waals surface area contributed by atoms with Crippen molar-refractivity contribution in [3.63, 3.8) is 0 Å². The van der Waals surface area contributed by atoms with E-state index in [1.807, 2.05) is 25.1 Å². The number of halogens is 2. The lowest BCUT2D eigenvalue weighted by Gasteiger charge is -2.48. The van der Waals surface area contributed by atoms with Crippen LogP contribution in [0.5, 0.6) is 0 Å². The van der Waals surface area contributed by atoms with Crippen molar-refractivity contribution in [3.05, 3.63) is 32.4 Å². The first-order valence-corrected chi connectivity index (χ1v) is 16.5. The first kappa shape index (κ1) is 28.4. The monoisotopic (exact) mass is 633 g/mol. The predicted octanol–water partition coefficient (Wildman–Crippen LogP) is 6.59. The van der Waals surface area contributed by atoms with E-state index in [1.54, 1.807) is 4.90 Å². The van der Waals surface area contributed by atoms with Crippen LogP contribution in [0.3, 0.4) is 0 Å². The summed E-state index contributed by atoms with van der Waals surface area (Å²) in [7, 11) is -1.92. The Hall–Kier alpha value is -1.17. The first-order valence-electron chi connectivity index (χ1n) is 12.1. The second kappa shape index (κ2) is 10.3. The lowest BCUT2D eigenvalue weighted by atomic mass is 9.82. The minimum atomic E-state index is -1.92. The Morgan fingerprint density at radius 2 is 2.00 bits per heavy atom. The van der Waals surface area contributed by atoms with Gasteiger partial charge < -0.3 is 14.8 Å². The van der Waals surface area contributed by atoms with Crippen LogP contribution >= 0.6 is 34.2 Å². The second-order valence-corrected chi connectivity index (χ2v) is 17.9. The predicted molar refractivity (Wildman–Crippen MR) is 150 cm³/mol. The highest BCUT2D eigenvalue weighted by Crippen LogP contribution is 2.42. The SMILES string of the molecule is C[C@H]1C[C@@H](N2C(=O)C[C@@](C)(c3cccc(I)c3Cl)N/C2=N\C(=O)O)CCC1O[Si](C)(C)C(C)(C)C. The van der Waals surface area contributed by atoms with E-state index >= 15 is 0 Å². The Kier molecular flexibility index (Phi) is 8.35. The summed E-state index contributed by atoms with van der Waals surface area (Å²) in [6.07, 6.45) is 1.23. The molecule has 0 spiro atoms. The lowest BCUT2D eigenvalue weighted by Crippen LogP contribution is -2.63. The molecule has 1 aliphatic heterocycles. The van der Waals surface area contributed by atoms with E-state index in [-0.39, 0.29) is 41.4 Å². The molecule has 1 aliphatic carbocycles. The molecule has 0 radical (unpaired) electrons. The molecule has 35 heavy (non-hydrogen) atoms. The zero-order valence-electron chi connectivity index (χ0n) is 21.6. The third-order valence-corrected chi connectivity index (χ3v) is 13.9. The number of carbonyl (C=O) groups is 2. The van der Waals surface area contributed by atoms with Crippen molar-refractivity contribution < 1.29 is 19.1 Å². The van der Waals surface area contributed by atoms with Crippen molar-refractivity contribution in [2.45, 2.75) is 96.1 Å². The maximum Gasteiger partial charge on any atom is 0.434 e. The average Bonchev–Trinajstić information content (AvgIpc) is 2.70. The summed E-state index contributed by atoms with van der Waals surface area (Å²) in [6, 6.07) is 5.50. The standard InChI is InChI=1S/C25H37ClIN3O4Si/c1-15-13-16(11-12-19(15)34-35(6,7)24(2,3)4)30-20(31)14-25(5,29-22(30)28-23(32)33)17-9-8-10-18(27)21(17)26/h8-10,15-16,19H,11-14H2,1-7H3,(H,28,29)(H,32,33)/t15-,16-,19?,25-/m0/s1. The molecule has 7 nitrogen and oxygen atoms in total. The number of nitrogens with zero attached hydrogens (tertiary/aromatic N) is 2. The van der Waals surface area contributed by atoms with Crippen molar-refractivity contribution in [2.75, 3.05) is 0 Å². The third-order valence-electron chi connectivity index (χ3n) is 7.82. The average molecular weight is 634 g/mol. The number of hydrogen-bond donors (Lipinski definition) is 2. The van der Waals surface area contributed by atoms with Gasteiger partial charge in [-0.1, -0.05) is 51.4 Å². The van der Waals surface area contributed by atoms with Gasteiger partial charge in [-0.05, 0) is 84.5 Å². The molecule has 1 saturated heterocycles. The quantitative estimate of drug-likeness (QED) is 0.288. The Bertz CT molecular complexity index is 1030. The smallest absolute Gasteiger partial charge is 0.434 e. The van der Waals surface area contributed by atoms with Crippen molar-refractivity contribution >= 4 is 60.5 Å². The Morgan fingerprint density at radius 1 is 1.34 bits per heavy atom. The Morgan fingerprint density at radius 3 is 2.57 bits per heavy atom. The zero-order chi connectivity index (χ0) is 26.3. The van der Waals surface area contributed by atoms with E-state index in [0.29, 0.717) is 5.02 Å². The summed E-state index contributed by atoms with van der Waals surface area (Å²) in [5.74, 6) is 0.162. The number of carboxylic acid groups (broad SMARTS) is 1. The molecular weight excluding hydrogens is 597 g/mol. The van der Waals surface area contributed by atoms with E-state index in [0.717, 1.165) is 28.4 Å².